The summed E-state index contributed by atoms with van der Waals surface area (Å²) in [4.78, 5) is 13.9. The number of carbonyl (C=O) groups is 1. The summed E-state index contributed by atoms with van der Waals surface area (Å²) >= 11 is 0. The molecule has 110 valence electrons. The Balaban J connectivity index is 2.05. The summed E-state index contributed by atoms with van der Waals surface area (Å²) in [5.41, 5.74) is 5.72. The molecule has 1 aliphatic heterocycles. The van der Waals surface area contributed by atoms with Crippen molar-refractivity contribution in [3.05, 3.63) is 35.4 Å². The maximum absolute atomic E-state index is 13.6. The number of halogens is 2. The maximum atomic E-state index is 13.6. The predicted octanol–water partition coefficient (Wildman–Crippen LogP) is 2.09. The van der Waals surface area contributed by atoms with Gasteiger partial charge in [0.05, 0.1) is 6.42 Å². The van der Waals surface area contributed by atoms with E-state index in [1.165, 1.54) is 18.2 Å². The van der Waals surface area contributed by atoms with Crippen molar-refractivity contribution in [1.29, 1.82) is 0 Å². The van der Waals surface area contributed by atoms with E-state index < -0.39 is 11.6 Å². The molecule has 0 bridgehead atoms. The van der Waals surface area contributed by atoms with E-state index in [-0.39, 0.29) is 29.9 Å². The zero-order chi connectivity index (χ0) is 14.7. The van der Waals surface area contributed by atoms with Gasteiger partial charge in [-0.15, -0.1) is 0 Å². The Morgan fingerprint density at radius 3 is 2.70 bits per heavy atom. The van der Waals surface area contributed by atoms with Crippen LogP contribution < -0.4 is 5.73 Å². The quantitative estimate of drug-likeness (QED) is 0.922. The summed E-state index contributed by atoms with van der Waals surface area (Å²) in [5.74, 6) is -1.31. The van der Waals surface area contributed by atoms with E-state index in [4.69, 9.17) is 5.73 Å². The first kappa shape index (κ1) is 14.9. The van der Waals surface area contributed by atoms with Crippen LogP contribution in [0.15, 0.2) is 18.2 Å². The van der Waals surface area contributed by atoms with Gasteiger partial charge in [0.1, 0.15) is 11.6 Å². The molecule has 2 unspecified atom stereocenters. The Morgan fingerprint density at radius 2 is 2.10 bits per heavy atom. The maximum Gasteiger partial charge on any atom is 0.227 e. The lowest BCUT2D eigenvalue weighted by Gasteiger charge is -2.34. The molecule has 0 aliphatic carbocycles. The van der Waals surface area contributed by atoms with Gasteiger partial charge in [0.25, 0.3) is 0 Å². The Kier molecular flexibility index (Phi) is 4.70. The number of amides is 1. The van der Waals surface area contributed by atoms with Gasteiger partial charge in [-0.2, -0.15) is 0 Å². The van der Waals surface area contributed by atoms with Crippen molar-refractivity contribution in [1.82, 2.24) is 4.90 Å². The molecule has 1 fully saturated rings. The topological polar surface area (TPSA) is 46.3 Å². The van der Waals surface area contributed by atoms with E-state index in [1.807, 2.05) is 6.92 Å². The normalized spacial score (nSPS) is 20.8. The average molecular weight is 282 g/mol. The number of rotatable bonds is 3. The van der Waals surface area contributed by atoms with Crippen LogP contribution in [0.25, 0.3) is 0 Å². The zero-order valence-corrected chi connectivity index (χ0v) is 11.6. The molecule has 3 nitrogen and oxygen atoms in total. The smallest absolute Gasteiger partial charge is 0.227 e. The number of piperidine rings is 1. The second-order valence-electron chi connectivity index (χ2n) is 5.48. The van der Waals surface area contributed by atoms with Gasteiger partial charge in [0.15, 0.2) is 0 Å². The summed E-state index contributed by atoms with van der Waals surface area (Å²) in [6.45, 7) is 3.14. The Morgan fingerprint density at radius 1 is 1.45 bits per heavy atom. The number of likely N-dealkylation sites (tertiary alicyclic amines) is 1. The van der Waals surface area contributed by atoms with Gasteiger partial charge >= 0.3 is 0 Å². The Hall–Kier alpha value is -1.49. The van der Waals surface area contributed by atoms with Gasteiger partial charge in [-0.1, -0.05) is 6.07 Å². The van der Waals surface area contributed by atoms with Crippen molar-refractivity contribution >= 4 is 5.91 Å². The second kappa shape index (κ2) is 6.31. The molecule has 0 radical (unpaired) electrons. The first-order valence-corrected chi connectivity index (χ1v) is 6.95. The predicted molar refractivity (Wildman–Crippen MR) is 73.0 cm³/mol. The molecule has 2 atom stereocenters. The molecule has 5 heteroatoms. The van der Waals surface area contributed by atoms with Crippen molar-refractivity contribution in [3.8, 4) is 0 Å². The van der Waals surface area contributed by atoms with E-state index in [0.29, 0.717) is 13.1 Å². The van der Waals surface area contributed by atoms with Crippen LogP contribution in [0.5, 0.6) is 0 Å². The van der Waals surface area contributed by atoms with Gasteiger partial charge in [-0.3, -0.25) is 4.79 Å². The Bertz CT molecular complexity index is 471. The number of nitrogens with zero attached hydrogens (tertiary/aromatic N) is 1. The zero-order valence-electron chi connectivity index (χ0n) is 11.6. The van der Waals surface area contributed by atoms with Crippen LogP contribution in [-0.4, -0.2) is 29.9 Å². The third kappa shape index (κ3) is 3.33. The summed E-state index contributed by atoms with van der Waals surface area (Å²) in [6, 6.07) is 3.67. The average Bonchev–Trinajstić information content (AvgIpc) is 2.43. The molecule has 1 aromatic rings. The highest BCUT2D eigenvalue weighted by atomic mass is 19.1. The molecule has 0 saturated carbocycles. The molecule has 1 aliphatic rings. The third-order valence-electron chi connectivity index (χ3n) is 3.94. The summed E-state index contributed by atoms with van der Waals surface area (Å²) in [6.07, 6.45) is 1.65. The van der Waals surface area contributed by atoms with Crippen molar-refractivity contribution in [2.45, 2.75) is 32.2 Å². The monoisotopic (exact) mass is 282 g/mol. The Labute approximate surface area is 117 Å². The van der Waals surface area contributed by atoms with Crippen LogP contribution in [0.1, 0.15) is 25.3 Å². The van der Waals surface area contributed by atoms with Gasteiger partial charge < -0.3 is 10.6 Å². The SMILES string of the molecule is CC(N)C1CCCN(C(=O)Cc2c(F)cccc2F)C1. The fraction of sp³-hybridized carbons (Fsp3) is 0.533. The van der Waals surface area contributed by atoms with E-state index in [1.54, 1.807) is 4.90 Å². The van der Waals surface area contributed by atoms with Gasteiger partial charge in [0.2, 0.25) is 5.91 Å². The van der Waals surface area contributed by atoms with E-state index in [9.17, 15) is 13.6 Å². The van der Waals surface area contributed by atoms with Gasteiger partial charge in [0, 0.05) is 24.7 Å². The van der Waals surface area contributed by atoms with Crippen LogP contribution in [0.2, 0.25) is 0 Å². The van der Waals surface area contributed by atoms with Crippen LogP contribution in [-0.2, 0) is 11.2 Å². The lowest BCUT2D eigenvalue weighted by atomic mass is 9.92. The minimum absolute atomic E-state index is 0.0239. The van der Waals surface area contributed by atoms with Crippen LogP contribution >= 0.6 is 0 Å². The standard InChI is InChI=1S/C15H20F2N2O/c1-10(18)11-4-3-7-19(9-11)15(20)8-12-13(16)5-2-6-14(12)17/h2,5-6,10-11H,3-4,7-9,18H2,1H3. The fourth-order valence-electron chi connectivity index (χ4n) is 2.63. The summed E-state index contributed by atoms with van der Waals surface area (Å²) < 4.78 is 27.1. The highest BCUT2D eigenvalue weighted by Gasteiger charge is 2.26. The first-order valence-electron chi connectivity index (χ1n) is 6.95. The van der Waals surface area contributed by atoms with Crippen LogP contribution in [0.4, 0.5) is 8.78 Å². The molecule has 0 spiro atoms. The molecular weight excluding hydrogens is 262 g/mol. The van der Waals surface area contributed by atoms with Crippen LogP contribution in [0.3, 0.4) is 0 Å². The minimum atomic E-state index is -0.667. The van der Waals surface area contributed by atoms with Crippen molar-refractivity contribution < 1.29 is 13.6 Å². The van der Waals surface area contributed by atoms with Gasteiger partial charge in [-0.25, -0.2) is 8.78 Å². The number of benzene rings is 1. The number of hydrogen-bond acceptors (Lipinski definition) is 2. The lowest BCUT2D eigenvalue weighted by Crippen LogP contribution is -2.45. The number of carbonyl (C=O) groups excluding carboxylic acids is 1. The molecule has 1 saturated heterocycles. The largest absolute Gasteiger partial charge is 0.342 e. The van der Waals surface area contributed by atoms with E-state index in [2.05, 4.69) is 0 Å². The van der Waals surface area contributed by atoms with E-state index in [0.717, 1.165) is 12.8 Å². The van der Waals surface area contributed by atoms with Gasteiger partial charge in [-0.05, 0) is 37.8 Å². The highest BCUT2D eigenvalue weighted by molar-refractivity contribution is 5.79. The van der Waals surface area contributed by atoms with E-state index >= 15 is 0 Å². The molecule has 0 aromatic heterocycles. The summed E-state index contributed by atoms with van der Waals surface area (Å²) in [5, 5.41) is 0. The highest BCUT2D eigenvalue weighted by Crippen LogP contribution is 2.20. The molecule has 1 aromatic carbocycles. The summed E-state index contributed by atoms with van der Waals surface area (Å²) in [7, 11) is 0. The molecule has 1 heterocycles. The lowest BCUT2D eigenvalue weighted by molar-refractivity contribution is -0.132. The van der Waals surface area contributed by atoms with Crippen molar-refractivity contribution in [3.63, 3.8) is 0 Å². The molecule has 2 rings (SSSR count). The number of nitrogens with two attached hydrogens (primary N) is 1. The van der Waals surface area contributed by atoms with Crippen molar-refractivity contribution in [2.75, 3.05) is 13.1 Å². The minimum Gasteiger partial charge on any atom is -0.342 e. The van der Waals surface area contributed by atoms with Crippen LogP contribution in [0, 0.1) is 17.6 Å². The molecule has 1 amide bonds. The number of hydrogen-bond donors (Lipinski definition) is 1. The third-order valence-corrected chi connectivity index (χ3v) is 3.94. The molecule has 2 N–H and O–H groups in total. The molecular formula is C15H20F2N2O. The van der Waals surface area contributed by atoms with Crippen molar-refractivity contribution in [2.24, 2.45) is 11.7 Å². The molecule has 20 heavy (non-hydrogen) atoms. The second-order valence-corrected chi connectivity index (χ2v) is 5.48. The first-order chi connectivity index (χ1) is 9.49. The fourth-order valence-corrected chi connectivity index (χ4v) is 2.63.